The van der Waals surface area contributed by atoms with Gasteiger partial charge in [-0.15, -0.1) is 11.3 Å². The van der Waals surface area contributed by atoms with Gasteiger partial charge in [-0.05, 0) is 24.4 Å². The first-order valence-electron chi connectivity index (χ1n) is 7.50. The molecule has 0 saturated carbocycles. The van der Waals surface area contributed by atoms with Crippen LogP contribution in [0.5, 0.6) is 0 Å². The molecule has 0 fully saturated rings. The van der Waals surface area contributed by atoms with Crippen LogP contribution in [0, 0.1) is 6.92 Å². The van der Waals surface area contributed by atoms with Gasteiger partial charge in [0.1, 0.15) is 12.0 Å². The Bertz CT molecular complexity index is 859. The fraction of sp³-hybridized carbons (Fsp3) is 0.167. The van der Waals surface area contributed by atoms with Crippen LogP contribution in [0.25, 0.3) is 11.3 Å². The van der Waals surface area contributed by atoms with E-state index in [-0.39, 0.29) is 5.91 Å². The molecular formula is C18H18N4OS. The number of hydrogen-bond acceptors (Lipinski definition) is 5. The number of benzene rings is 1. The lowest BCUT2D eigenvalue weighted by atomic mass is 10.1. The molecule has 122 valence electrons. The number of aromatic nitrogens is 2. The zero-order chi connectivity index (χ0) is 17.1. The van der Waals surface area contributed by atoms with Crippen molar-refractivity contribution in [2.75, 3.05) is 24.3 Å². The SMILES string of the molecule is Cc1cccc(-c2ncnc(N(C)C)c2NC(=O)c2cccs2)c1. The first kappa shape index (κ1) is 16.1. The van der Waals surface area contributed by atoms with Crippen molar-refractivity contribution in [3.05, 3.63) is 58.5 Å². The van der Waals surface area contributed by atoms with Crippen molar-refractivity contribution in [1.29, 1.82) is 0 Å². The monoisotopic (exact) mass is 338 g/mol. The summed E-state index contributed by atoms with van der Waals surface area (Å²) in [5, 5.41) is 4.87. The lowest BCUT2D eigenvalue weighted by Gasteiger charge is -2.19. The molecule has 3 aromatic rings. The Labute approximate surface area is 145 Å². The Morgan fingerprint density at radius 3 is 2.67 bits per heavy atom. The maximum absolute atomic E-state index is 12.5. The fourth-order valence-corrected chi connectivity index (χ4v) is 3.04. The van der Waals surface area contributed by atoms with Crippen molar-refractivity contribution in [3.63, 3.8) is 0 Å². The third kappa shape index (κ3) is 3.28. The highest BCUT2D eigenvalue weighted by Crippen LogP contribution is 2.33. The summed E-state index contributed by atoms with van der Waals surface area (Å²) >= 11 is 1.40. The van der Waals surface area contributed by atoms with Crippen LogP contribution in [0.1, 0.15) is 15.2 Å². The minimum absolute atomic E-state index is 0.156. The van der Waals surface area contributed by atoms with E-state index in [0.717, 1.165) is 11.1 Å². The molecule has 2 heterocycles. The lowest BCUT2D eigenvalue weighted by Crippen LogP contribution is -2.18. The summed E-state index contributed by atoms with van der Waals surface area (Å²) < 4.78 is 0. The highest BCUT2D eigenvalue weighted by atomic mass is 32.1. The van der Waals surface area contributed by atoms with Crippen LogP contribution in [0.4, 0.5) is 11.5 Å². The van der Waals surface area contributed by atoms with Crippen molar-refractivity contribution in [2.45, 2.75) is 6.92 Å². The molecule has 1 amide bonds. The number of rotatable bonds is 4. The van der Waals surface area contributed by atoms with Crippen LogP contribution in [-0.2, 0) is 0 Å². The molecule has 3 rings (SSSR count). The second-order valence-electron chi connectivity index (χ2n) is 5.62. The van der Waals surface area contributed by atoms with Crippen LogP contribution < -0.4 is 10.2 Å². The van der Waals surface area contributed by atoms with Gasteiger partial charge in [0.05, 0.1) is 10.6 Å². The van der Waals surface area contributed by atoms with Gasteiger partial charge in [-0.3, -0.25) is 4.79 Å². The van der Waals surface area contributed by atoms with E-state index in [4.69, 9.17) is 0 Å². The van der Waals surface area contributed by atoms with Gasteiger partial charge in [-0.2, -0.15) is 0 Å². The maximum Gasteiger partial charge on any atom is 0.265 e. The largest absolute Gasteiger partial charge is 0.361 e. The van der Waals surface area contributed by atoms with E-state index in [1.54, 1.807) is 6.07 Å². The van der Waals surface area contributed by atoms with E-state index in [0.29, 0.717) is 22.1 Å². The quantitative estimate of drug-likeness (QED) is 0.785. The summed E-state index contributed by atoms with van der Waals surface area (Å²) in [6, 6.07) is 11.7. The highest BCUT2D eigenvalue weighted by Gasteiger charge is 2.18. The predicted octanol–water partition coefficient (Wildman–Crippen LogP) is 3.83. The van der Waals surface area contributed by atoms with E-state index in [1.165, 1.54) is 17.7 Å². The number of nitrogens with zero attached hydrogens (tertiary/aromatic N) is 3. The topological polar surface area (TPSA) is 58.1 Å². The molecule has 1 N–H and O–H groups in total. The van der Waals surface area contributed by atoms with Crippen LogP contribution in [0.3, 0.4) is 0 Å². The van der Waals surface area contributed by atoms with Crippen molar-refractivity contribution in [1.82, 2.24) is 9.97 Å². The average molecular weight is 338 g/mol. The zero-order valence-corrected chi connectivity index (χ0v) is 14.6. The number of nitrogens with one attached hydrogen (secondary N) is 1. The molecule has 0 atom stereocenters. The van der Waals surface area contributed by atoms with Crippen LogP contribution in [0.2, 0.25) is 0 Å². The summed E-state index contributed by atoms with van der Waals surface area (Å²) in [7, 11) is 3.78. The van der Waals surface area contributed by atoms with Crippen molar-refractivity contribution in [2.24, 2.45) is 0 Å². The Balaban J connectivity index is 2.09. The minimum atomic E-state index is -0.156. The third-order valence-electron chi connectivity index (χ3n) is 3.53. The second-order valence-corrected chi connectivity index (χ2v) is 6.56. The molecule has 0 unspecified atom stereocenters. The smallest absolute Gasteiger partial charge is 0.265 e. The summed E-state index contributed by atoms with van der Waals surface area (Å²) in [6.45, 7) is 2.03. The lowest BCUT2D eigenvalue weighted by molar-refractivity contribution is 0.103. The number of hydrogen-bond donors (Lipinski definition) is 1. The Hall–Kier alpha value is -2.73. The minimum Gasteiger partial charge on any atom is -0.361 e. The van der Waals surface area contributed by atoms with E-state index in [1.807, 2.05) is 61.6 Å². The van der Waals surface area contributed by atoms with Crippen molar-refractivity contribution >= 4 is 28.7 Å². The van der Waals surface area contributed by atoms with Crippen molar-refractivity contribution in [3.8, 4) is 11.3 Å². The predicted molar refractivity (Wildman–Crippen MR) is 98.8 cm³/mol. The van der Waals surface area contributed by atoms with E-state index in [9.17, 15) is 4.79 Å². The van der Waals surface area contributed by atoms with Gasteiger partial charge in [-0.25, -0.2) is 9.97 Å². The van der Waals surface area contributed by atoms with Gasteiger partial charge in [0.25, 0.3) is 5.91 Å². The van der Waals surface area contributed by atoms with Gasteiger partial charge in [0.2, 0.25) is 0 Å². The van der Waals surface area contributed by atoms with Crippen LogP contribution in [0.15, 0.2) is 48.1 Å². The molecule has 0 saturated heterocycles. The molecule has 0 radical (unpaired) electrons. The molecule has 24 heavy (non-hydrogen) atoms. The molecule has 1 aromatic carbocycles. The van der Waals surface area contributed by atoms with Gasteiger partial charge in [-0.1, -0.05) is 29.8 Å². The molecule has 0 aliphatic carbocycles. The summed E-state index contributed by atoms with van der Waals surface area (Å²) in [6.07, 6.45) is 1.52. The molecule has 5 nitrogen and oxygen atoms in total. The summed E-state index contributed by atoms with van der Waals surface area (Å²) in [4.78, 5) is 23.8. The van der Waals surface area contributed by atoms with E-state index >= 15 is 0 Å². The molecule has 0 spiro atoms. The zero-order valence-electron chi connectivity index (χ0n) is 13.8. The molecule has 2 aromatic heterocycles. The first-order chi connectivity index (χ1) is 11.6. The summed E-state index contributed by atoms with van der Waals surface area (Å²) in [5.74, 6) is 0.517. The normalized spacial score (nSPS) is 10.5. The molecule has 0 aliphatic rings. The van der Waals surface area contributed by atoms with Crippen molar-refractivity contribution < 1.29 is 4.79 Å². The number of thiophene rings is 1. The fourth-order valence-electron chi connectivity index (χ4n) is 2.42. The Kier molecular flexibility index (Phi) is 4.57. The molecule has 6 heteroatoms. The number of carbonyl (C=O) groups excluding carboxylic acids is 1. The molecule has 0 aliphatic heterocycles. The molecule has 0 bridgehead atoms. The van der Waals surface area contributed by atoms with Gasteiger partial charge < -0.3 is 10.2 Å². The summed E-state index contributed by atoms with van der Waals surface area (Å²) in [5.41, 5.74) is 3.41. The van der Waals surface area contributed by atoms with E-state index < -0.39 is 0 Å². The number of amides is 1. The highest BCUT2D eigenvalue weighted by molar-refractivity contribution is 7.12. The maximum atomic E-state index is 12.5. The molecular weight excluding hydrogens is 320 g/mol. The van der Waals surface area contributed by atoms with Gasteiger partial charge >= 0.3 is 0 Å². The number of aryl methyl sites for hydroxylation is 1. The van der Waals surface area contributed by atoms with Crippen LogP contribution >= 0.6 is 11.3 Å². The first-order valence-corrected chi connectivity index (χ1v) is 8.38. The van der Waals surface area contributed by atoms with Gasteiger partial charge in [0.15, 0.2) is 5.82 Å². The Morgan fingerprint density at radius 1 is 1.17 bits per heavy atom. The second kappa shape index (κ2) is 6.80. The number of anilines is 2. The van der Waals surface area contributed by atoms with Crippen LogP contribution in [-0.4, -0.2) is 30.0 Å². The number of carbonyl (C=O) groups is 1. The Morgan fingerprint density at radius 2 is 2.00 bits per heavy atom. The van der Waals surface area contributed by atoms with E-state index in [2.05, 4.69) is 15.3 Å². The standard InChI is InChI=1S/C18H18N4OS/c1-12-6-4-7-13(10-12)15-16(17(22(2)3)20-11-19-15)21-18(23)14-8-5-9-24-14/h4-11H,1-3H3,(H,21,23). The van der Waals surface area contributed by atoms with Gasteiger partial charge in [0, 0.05) is 19.7 Å². The average Bonchev–Trinajstić information content (AvgIpc) is 3.09. The third-order valence-corrected chi connectivity index (χ3v) is 4.39.